The van der Waals surface area contributed by atoms with Gasteiger partial charge in [0, 0.05) is 12.4 Å². The number of nitrogen functional groups attached to an aromatic ring is 1. The molecule has 0 spiro atoms. The third-order valence-electron chi connectivity index (χ3n) is 2.12. The van der Waals surface area contributed by atoms with Crippen LogP contribution in [0.15, 0.2) is 34.1 Å². The first-order chi connectivity index (χ1) is 8.69. The molecule has 2 rings (SSSR count). The maximum atomic E-state index is 11.2. The summed E-state index contributed by atoms with van der Waals surface area (Å²) in [5, 5.41) is 0.668. The predicted molar refractivity (Wildman–Crippen MR) is 66.7 cm³/mol. The quantitative estimate of drug-likeness (QED) is 0.284. The van der Waals surface area contributed by atoms with Gasteiger partial charge in [-0.25, -0.2) is 15.8 Å². The summed E-state index contributed by atoms with van der Waals surface area (Å²) in [6, 6.07) is 3.31. The number of aromatic nitrogens is 2. The number of nitrogens with zero attached hydrogens (tertiary/aromatic N) is 2. The molecular weight excluding hydrogens is 252 g/mol. The van der Waals surface area contributed by atoms with Crippen molar-refractivity contribution in [2.45, 2.75) is 17.8 Å². The second-order valence-electron chi connectivity index (χ2n) is 3.57. The number of rotatable bonds is 4. The lowest BCUT2D eigenvalue weighted by atomic mass is 10.4. The van der Waals surface area contributed by atoms with Crippen molar-refractivity contribution in [2.24, 2.45) is 5.84 Å². The van der Waals surface area contributed by atoms with E-state index in [1.165, 1.54) is 11.8 Å². The first-order valence-electron chi connectivity index (χ1n) is 5.20. The minimum atomic E-state index is -0.446. The number of thioether (sulfide) groups is 1. The number of hydrogen-bond donors (Lipinski definition) is 2. The van der Waals surface area contributed by atoms with Crippen molar-refractivity contribution in [3.8, 4) is 0 Å². The number of amides is 1. The zero-order valence-corrected chi connectivity index (χ0v) is 10.5. The number of aryl methyl sites for hydroxylation is 1. The Kier molecular flexibility index (Phi) is 3.96. The first kappa shape index (κ1) is 12.6. The maximum absolute atomic E-state index is 11.2. The van der Waals surface area contributed by atoms with Gasteiger partial charge >= 0.3 is 5.91 Å². The number of hydrazine groups is 1. The lowest BCUT2D eigenvalue weighted by molar-refractivity contribution is 0.0924. The minimum Gasteiger partial charge on any atom is -0.455 e. The van der Waals surface area contributed by atoms with Crippen LogP contribution in [0.4, 0.5) is 0 Å². The van der Waals surface area contributed by atoms with E-state index in [9.17, 15) is 4.79 Å². The largest absolute Gasteiger partial charge is 0.455 e. The summed E-state index contributed by atoms with van der Waals surface area (Å²) in [6.45, 7) is 1.93. The Bertz CT molecular complexity index is 538. The molecule has 1 amide bonds. The van der Waals surface area contributed by atoms with Crippen molar-refractivity contribution in [1.29, 1.82) is 0 Å². The van der Waals surface area contributed by atoms with Gasteiger partial charge < -0.3 is 4.42 Å². The fourth-order valence-corrected chi connectivity index (χ4v) is 1.92. The first-order valence-corrected chi connectivity index (χ1v) is 6.18. The van der Waals surface area contributed by atoms with Gasteiger partial charge in [0.05, 0.1) is 5.75 Å². The smallest absolute Gasteiger partial charge is 0.300 e. The average Bonchev–Trinajstić information content (AvgIpc) is 2.86. The molecule has 18 heavy (non-hydrogen) atoms. The molecule has 6 nitrogen and oxygen atoms in total. The maximum Gasteiger partial charge on any atom is 0.300 e. The Morgan fingerprint density at radius 3 is 2.83 bits per heavy atom. The second-order valence-corrected chi connectivity index (χ2v) is 4.51. The van der Waals surface area contributed by atoms with Gasteiger partial charge in [-0.2, -0.15) is 0 Å². The molecule has 0 saturated heterocycles. The van der Waals surface area contributed by atoms with E-state index in [2.05, 4.69) is 9.97 Å². The van der Waals surface area contributed by atoms with E-state index in [1.807, 2.05) is 12.3 Å². The van der Waals surface area contributed by atoms with Crippen molar-refractivity contribution in [1.82, 2.24) is 15.4 Å². The van der Waals surface area contributed by atoms with Crippen LogP contribution in [0.2, 0.25) is 0 Å². The Hall–Kier alpha value is -1.86. The summed E-state index contributed by atoms with van der Waals surface area (Å²) >= 11 is 1.44. The van der Waals surface area contributed by atoms with Crippen molar-refractivity contribution in [3.05, 3.63) is 41.6 Å². The lowest BCUT2D eigenvalue weighted by Crippen LogP contribution is -2.29. The Labute approximate surface area is 108 Å². The molecule has 0 unspecified atom stereocenters. The van der Waals surface area contributed by atoms with Crippen molar-refractivity contribution in [2.75, 3.05) is 0 Å². The third kappa shape index (κ3) is 3.08. The van der Waals surface area contributed by atoms with Crippen LogP contribution in [-0.2, 0) is 5.75 Å². The molecule has 0 atom stereocenters. The molecule has 3 N–H and O–H groups in total. The van der Waals surface area contributed by atoms with E-state index in [4.69, 9.17) is 10.3 Å². The molecule has 0 radical (unpaired) electrons. The highest BCUT2D eigenvalue weighted by Crippen LogP contribution is 2.20. The highest BCUT2D eigenvalue weighted by atomic mass is 32.2. The molecule has 0 bridgehead atoms. The van der Waals surface area contributed by atoms with E-state index in [0.717, 1.165) is 5.56 Å². The van der Waals surface area contributed by atoms with Gasteiger partial charge in [0.2, 0.25) is 0 Å². The van der Waals surface area contributed by atoms with Crippen molar-refractivity contribution in [3.63, 3.8) is 0 Å². The third-order valence-corrected chi connectivity index (χ3v) is 3.02. The van der Waals surface area contributed by atoms with Crippen molar-refractivity contribution < 1.29 is 9.21 Å². The second kappa shape index (κ2) is 5.65. The average molecular weight is 264 g/mol. The van der Waals surface area contributed by atoms with Gasteiger partial charge in [0.25, 0.3) is 0 Å². The molecule has 94 valence electrons. The van der Waals surface area contributed by atoms with Crippen LogP contribution < -0.4 is 11.3 Å². The Balaban J connectivity index is 1.96. The number of carbonyl (C=O) groups is 1. The van der Waals surface area contributed by atoms with Gasteiger partial charge in [-0.15, -0.1) is 0 Å². The van der Waals surface area contributed by atoms with Crippen LogP contribution in [-0.4, -0.2) is 15.9 Å². The van der Waals surface area contributed by atoms with Gasteiger partial charge in [-0.05, 0) is 24.6 Å². The highest BCUT2D eigenvalue weighted by molar-refractivity contribution is 7.98. The monoisotopic (exact) mass is 264 g/mol. The van der Waals surface area contributed by atoms with Gasteiger partial charge in [-0.3, -0.25) is 10.2 Å². The topological polar surface area (TPSA) is 94.0 Å². The number of nitrogens with one attached hydrogen (secondary N) is 1. The molecule has 0 aliphatic heterocycles. The van der Waals surface area contributed by atoms with Gasteiger partial charge in [0.1, 0.15) is 5.76 Å². The van der Waals surface area contributed by atoms with E-state index >= 15 is 0 Å². The molecule has 0 aromatic carbocycles. The summed E-state index contributed by atoms with van der Waals surface area (Å²) < 4.78 is 5.31. The van der Waals surface area contributed by atoms with Crippen LogP contribution in [0.1, 0.15) is 21.9 Å². The normalized spacial score (nSPS) is 10.3. The summed E-state index contributed by atoms with van der Waals surface area (Å²) in [6.07, 6.45) is 3.51. The molecule has 2 heterocycles. The predicted octanol–water partition coefficient (Wildman–Crippen LogP) is 1.27. The number of hydrogen-bond acceptors (Lipinski definition) is 6. The molecule has 0 aliphatic carbocycles. The van der Waals surface area contributed by atoms with E-state index in [1.54, 1.807) is 24.5 Å². The lowest BCUT2D eigenvalue weighted by Gasteiger charge is -1.98. The highest BCUT2D eigenvalue weighted by Gasteiger charge is 2.09. The minimum absolute atomic E-state index is 0.193. The summed E-state index contributed by atoms with van der Waals surface area (Å²) in [7, 11) is 0. The summed E-state index contributed by atoms with van der Waals surface area (Å²) in [5.41, 5.74) is 3.02. The standard InChI is InChI=1S/C11H12N4O2S/c1-7-4-13-11(14-5-7)18-6-8-2-3-9(17-8)10(16)15-12/h2-5H,6,12H2,1H3,(H,15,16). The van der Waals surface area contributed by atoms with Crippen LogP contribution in [0.25, 0.3) is 0 Å². The molecule has 0 aliphatic rings. The molecule has 2 aromatic rings. The van der Waals surface area contributed by atoms with Gasteiger partial charge in [0.15, 0.2) is 10.9 Å². The van der Waals surface area contributed by atoms with Crippen LogP contribution in [0.5, 0.6) is 0 Å². The molecule has 7 heteroatoms. The van der Waals surface area contributed by atoms with Crippen LogP contribution >= 0.6 is 11.8 Å². The zero-order chi connectivity index (χ0) is 13.0. The number of carbonyl (C=O) groups excluding carboxylic acids is 1. The van der Waals surface area contributed by atoms with Crippen molar-refractivity contribution >= 4 is 17.7 Å². The zero-order valence-electron chi connectivity index (χ0n) is 9.71. The van der Waals surface area contributed by atoms with Crippen LogP contribution in [0, 0.1) is 6.92 Å². The molecule has 0 saturated carbocycles. The molecule has 2 aromatic heterocycles. The van der Waals surface area contributed by atoms with Gasteiger partial charge in [-0.1, -0.05) is 11.8 Å². The van der Waals surface area contributed by atoms with E-state index in [-0.39, 0.29) is 5.76 Å². The van der Waals surface area contributed by atoms with E-state index in [0.29, 0.717) is 16.7 Å². The number of nitrogens with two attached hydrogens (primary N) is 1. The van der Waals surface area contributed by atoms with Crippen LogP contribution in [0.3, 0.4) is 0 Å². The summed E-state index contributed by atoms with van der Waals surface area (Å²) in [5.74, 6) is 5.98. The fraction of sp³-hybridized carbons (Fsp3) is 0.182. The molecule has 0 fully saturated rings. The fourth-order valence-electron chi connectivity index (χ4n) is 1.24. The Morgan fingerprint density at radius 2 is 2.17 bits per heavy atom. The Morgan fingerprint density at radius 1 is 1.44 bits per heavy atom. The van der Waals surface area contributed by atoms with E-state index < -0.39 is 5.91 Å². The summed E-state index contributed by atoms with van der Waals surface area (Å²) in [4.78, 5) is 19.5. The number of furan rings is 1. The molecular formula is C11H12N4O2S. The SMILES string of the molecule is Cc1cnc(SCc2ccc(C(=O)NN)o2)nc1.